The smallest absolute Gasteiger partial charge is 0.115 e. The number of nitrogens with zero attached hydrogens (tertiary/aromatic N) is 1. The van der Waals surface area contributed by atoms with Gasteiger partial charge in [0.1, 0.15) is 5.69 Å². The highest BCUT2D eigenvalue weighted by Gasteiger charge is 2.32. The van der Waals surface area contributed by atoms with E-state index in [1.54, 1.807) is 0 Å². The Morgan fingerprint density at radius 1 is 0.700 bits per heavy atom. The van der Waals surface area contributed by atoms with E-state index < -0.39 is 0 Å². The highest BCUT2D eigenvalue weighted by molar-refractivity contribution is 5.62. The number of rotatable bonds is 1. The average Bonchev–Trinajstić information content (AvgIpc) is 2.23. The standard InChI is InChI=1S/C18H29NO/c1-16(2,3)12-10-11-13(17(4,5)6)15(19-20)14(12)18(7,8)9/h10-11H,1-9H3. The molecule has 0 amide bonds. The maximum Gasteiger partial charge on any atom is 0.115 e. The Morgan fingerprint density at radius 2 is 1.10 bits per heavy atom. The third-order valence-corrected chi connectivity index (χ3v) is 3.64. The van der Waals surface area contributed by atoms with Gasteiger partial charge in [-0.2, -0.15) is 0 Å². The zero-order chi connectivity index (χ0) is 15.9. The first-order chi connectivity index (χ1) is 8.80. The first-order valence-corrected chi connectivity index (χ1v) is 7.32. The predicted octanol–water partition coefficient (Wildman–Crippen LogP) is 5.98. The summed E-state index contributed by atoms with van der Waals surface area (Å²) in [5.41, 5.74) is 3.79. The predicted molar refractivity (Wildman–Crippen MR) is 88.0 cm³/mol. The maximum absolute atomic E-state index is 11.6. The van der Waals surface area contributed by atoms with Gasteiger partial charge in [0.25, 0.3) is 0 Å². The number of hydrogen-bond donors (Lipinski definition) is 0. The summed E-state index contributed by atoms with van der Waals surface area (Å²) < 4.78 is 0. The van der Waals surface area contributed by atoms with E-state index in [1.165, 1.54) is 5.56 Å². The van der Waals surface area contributed by atoms with Crippen molar-refractivity contribution in [3.63, 3.8) is 0 Å². The molecule has 0 radical (unpaired) electrons. The van der Waals surface area contributed by atoms with Gasteiger partial charge in [0.15, 0.2) is 0 Å². The summed E-state index contributed by atoms with van der Waals surface area (Å²) in [4.78, 5) is 11.6. The first-order valence-electron chi connectivity index (χ1n) is 7.32. The molecule has 0 fully saturated rings. The van der Waals surface area contributed by atoms with Crippen LogP contribution >= 0.6 is 0 Å². The summed E-state index contributed by atoms with van der Waals surface area (Å²) >= 11 is 0. The van der Waals surface area contributed by atoms with Gasteiger partial charge in [-0.3, -0.25) is 0 Å². The van der Waals surface area contributed by atoms with E-state index in [4.69, 9.17) is 0 Å². The van der Waals surface area contributed by atoms with Crippen LogP contribution in [0.4, 0.5) is 5.69 Å². The minimum atomic E-state index is -0.104. The second-order valence-corrected chi connectivity index (χ2v) is 8.73. The van der Waals surface area contributed by atoms with Gasteiger partial charge in [-0.15, -0.1) is 4.91 Å². The van der Waals surface area contributed by atoms with Gasteiger partial charge in [-0.05, 0) is 38.1 Å². The highest BCUT2D eigenvalue weighted by atomic mass is 16.3. The normalized spacial score (nSPS) is 13.4. The largest absolute Gasteiger partial charge is 0.145 e. The molecule has 0 atom stereocenters. The summed E-state index contributed by atoms with van der Waals surface area (Å²) in [6.45, 7) is 19.4. The fraction of sp³-hybridized carbons (Fsp3) is 0.667. The molecule has 0 aliphatic carbocycles. The second kappa shape index (κ2) is 4.98. The van der Waals surface area contributed by atoms with Crippen molar-refractivity contribution in [2.24, 2.45) is 5.18 Å². The summed E-state index contributed by atoms with van der Waals surface area (Å²) in [7, 11) is 0. The van der Waals surface area contributed by atoms with E-state index >= 15 is 0 Å². The Morgan fingerprint density at radius 3 is 1.40 bits per heavy atom. The highest BCUT2D eigenvalue weighted by Crippen LogP contribution is 2.44. The van der Waals surface area contributed by atoms with E-state index in [9.17, 15) is 4.91 Å². The summed E-state index contributed by atoms with van der Waals surface area (Å²) in [5.74, 6) is 0. The Labute approximate surface area is 124 Å². The van der Waals surface area contributed by atoms with Crippen LogP contribution in [0, 0.1) is 4.91 Å². The minimum absolute atomic E-state index is 0.00152. The van der Waals surface area contributed by atoms with E-state index in [0.29, 0.717) is 5.69 Å². The van der Waals surface area contributed by atoms with Crippen LogP contribution in [0.5, 0.6) is 0 Å². The quantitative estimate of drug-likeness (QED) is 0.580. The molecule has 0 heterocycles. The van der Waals surface area contributed by atoms with Crippen molar-refractivity contribution in [1.82, 2.24) is 0 Å². The van der Waals surface area contributed by atoms with E-state index in [2.05, 4.69) is 79.6 Å². The van der Waals surface area contributed by atoms with Crippen LogP contribution in [-0.4, -0.2) is 0 Å². The molecule has 20 heavy (non-hydrogen) atoms. The van der Waals surface area contributed by atoms with E-state index in [0.717, 1.165) is 11.1 Å². The lowest BCUT2D eigenvalue weighted by molar-refractivity contribution is 0.524. The minimum Gasteiger partial charge on any atom is -0.145 e. The van der Waals surface area contributed by atoms with Crippen molar-refractivity contribution < 1.29 is 0 Å². The van der Waals surface area contributed by atoms with Crippen LogP contribution in [0.15, 0.2) is 17.3 Å². The SMILES string of the molecule is CC(C)(C)c1ccc(C(C)(C)C)c(C(C)(C)C)c1N=O. The molecule has 0 saturated heterocycles. The molecule has 0 aliphatic rings. The van der Waals surface area contributed by atoms with Gasteiger partial charge in [0.05, 0.1) is 0 Å². The van der Waals surface area contributed by atoms with Crippen LogP contribution < -0.4 is 0 Å². The molecule has 0 bridgehead atoms. The van der Waals surface area contributed by atoms with Gasteiger partial charge < -0.3 is 0 Å². The number of benzene rings is 1. The summed E-state index contributed by atoms with van der Waals surface area (Å²) in [5, 5.41) is 3.43. The molecule has 1 rings (SSSR count). The molecule has 0 N–H and O–H groups in total. The monoisotopic (exact) mass is 275 g/mol. The second-order valence-electron chi connectivity index (χ2n) is 8.73. The third-order valence-electron chi connectivity index (χ3n) is 3.64. The van der Waals surface area contributed by atoms with Crippen molar-refractivity contribution >= 4 is 5.69 Å². The molecule has 2 nitrogen and oxygen atoms in total. The van der Waals surface area contributed by atoms with Crippen LogP contribution in [0.25, 0.3) is 0 Å². The van der Waals surface area contributed by atoms with Crippen LogP contribution in [-0.2, 0) is 16.2 Å². The molecule has 0 aliphatic heterocycles. The van der Waals surface area contributed by atoms with Crippen molar-refractivity contribution in [1.29, 1.82) is 0 Å². The Hall–Kier alpha value is -1.18. The topological polar surface area (TPSA) is 29.4 Å². The summed E-state index contributed by atoms with van der Waals surface area (Å²) in [6, 6.07) is 4.25. The van der Waals surface area contributed by atoms with E-state index in [1.807, 2.05) is 0 Å². The van der Waals surface area contributed by atoms with Gasteiger partial charge in [0.2, 0.25) is 0 Å². The van der Waals surface area contributed by atoms with Crippen molar-refractivity contribution in [2.75, 3.05) is 0 Å². The Balaban J connectivity index is 3.84. The lowest BCUT2D eigenvalue weighted by atomic mass is 9.71. The number of hydrogen-bond acceptors (Lipinski definition) is 2. The fourth-order valence-electron chi connectivity index (χ4n) is 2.68. The zero-order valence-electron chi connectivity index (χ0n) is 14.5. The fourth-order valence-corrected chi connectivity index (χ4v) is 2.68. The van der Waals surface area contributed by atoms with Crippen molar-refractivity contribution in [2.45, 2.75) is 78.6 Å². The molecular formula is C18H29NO. The van der Waals surface area contributed by atoms with Crippen LogP contribution in [0.1, 0.15) is 79.0 Å². The Bertz CT molecular complexity index is 508. The molecule has 1 aromatic carbocycles. The first kappa shape index (κ1) is 16.9. The molecule has 0 saturated carbocycles. The van der Waals surface area contributed by atoms with Crippen LogP contribution in [0.2, 0.25) is 0 Å². The molecule has 1 aromatic rings. The van der Waals surface area contributed by atoms with Gasteiger partial charge >= 0.3 is 0 Å². The van der Waals surface area contributed by atoms with Crippen LogP contribution in [0.3, 0.4) is 0 Å². The lowest BCUT2D eigenvalue weighted by Crippen LogP contribution is -2.24. The van der Waals surface area contributed by atoms with Crippen molar-refractivity contribution in [3.05, 3.63) is 33.7 Å². The molecule has 2 heteroatoms. The zero-order valence-corrected chi connectivity index (χ0v) is 14.5. The lowest BCUT2D eigenvalue weighted by Gasteiger charge is -2.33. The van der Waals surface area contributed by atoms with Gasteiger partial charge in [-0.1, -0.05) is 74.4 Å². The molecular weight excluding hydrogens is 246 g/mol. The number of nitroso groups, excluding NO2 is 1. The maximum atomic E-state index is 11.6. The Kier molecular flexibility index (Phi) is 4.20. The molecule has 0 spiro atoms. The molecule has 0 aromatic heterocycles. The van der Waals surface area contributed by atoms with Crippen molar-refractivity contribution in [3.8, 4) is 0 Å². The van der Waals surface area contributed by atoms with Gasteiger partial charge in [-0.25, -0.2) is 0 Å². The molecule has 0 unspecified atom stereocenters. The van der Waals surface area contributed by atoms with Gasteiger partial charge in [0, 0.05) is 0 Å². The van der Waals surface area contributed by atoms with E-state index in [-0.39, 0.29) is 16.2 Å². The third kappa shape index (κ3) is 3.28. The molecule has 112 valence electrons. The average molecular weight is 275 g/mol. The summed E-state index contributed by atoms with van der Waals surface area (Å²) in [6.07, 6.45) is 0.